The lowest BCUT2D eigenvalue weighted by atomic mass is 10.1. The molecular weight excluding hydrogens is 370 g/mol. The Labute approximate surface area is 169 Å². The first-order chi connectivity index (χ1) is 13.7. The van der Waals surface area contributed by atoms with Crippen LogP contribution >= 0.6 is 11.8 Å². The Morgan fingerprint density at radius 3 is 2.71 bits per heavy atom. The number of ether oxygens (including phenoxy) is 1. The van der Waals surface area contributed by atoms with Crippen LogP contribution in [0, 0.1) is 6.92 Å². The van der Waals surface area contributed by atoms with Gasteiger partial charge in [-0.3, -0.25) is 4.79 Å². The Bertz CT molecular complexity index is 996. The molecule has 0 aliphatic carbocycles. The summed E-state index contributed by atoms with van der Waals surface area (Å²) in [6, 6.07) is 15.8. The van der Waals surface area contributed by atoms with Gasteiger partial charge in [-0.25, -0.2) is 4.68 Å². The molecule has 3 aromatic rings. The van der Waals surface area contributed by atoms with E-state index in [-0.39, 0.29) is 5.91 Å². The van der Waals surface area contributed by atoms with Crippen molar-refractivity contribution in [3.05, 3.63) is 70.9 Å². The Morgan fingerprint density at radius 1 is 1.18 bits per heavy atom. The zero-order chi connectivity index (χ0) is 19.5. The minimum atomic E-state index is -0.0430. The van der Waals surface area contributed by atoms with Crippen LogP contribution in [0.1, 0.15) is 29.3 Å². The third-order valence-corrected chi connectivity index (χ3v) is 5.72. The third-order valence-electron chi connectivity index (χ3n) is 4.75. The standard InChI is InChI=1S/C22H23N3O2S/c1-3-27-17-10-8-16(9-11-17)12-21(26)23-22-18-13-28-14-19(18)24-25(22)20-7-5-4-6-15(20)2/h4-11H,3,12-14H2,1-2H3,(H,23,26). The summed E-state index contributed by atoms with van der Waals surface area (Å²) in [6.07, 6.45) is 0.313. The molecule has 1 N–H and O–H groups in total. The van der Waals surface area contributed by atoms with Crippen molar-refractivity contribution in [3.8, 4) is 11.4 Å². The summed E-state index contributed by atoms with van der Waals surface area (Å²) in [5.74, 6) is 3.33. The van der Waals surface area contributed by atoms with E-state index in [0.29, 0.717) is 13.0 Å². The molecule has 4 rings (SSSR count). The number of aromatic nitrogens is 2. The molecule has 1 amide bonds. The predicted octanol–water partition coefficient (Wildman–Crippen LogP) is 4.51. The van der Waals surface area contributed by atoms with Crippen LogP contribution in [0.5, 0.6) is 5.75 Å². The van der Waals surface area contributed by atoms with E-state index in [2.05, 4.69) is 18.3 Å². The molecule has 0 radical (unpaired) electrons. The highest BCUT2D eigenvalue weighted by Crippen LogP contribution is 2.36. The molecule has 0 atom stereocenters. The molecular formula is C22H23N3O2S. The summed E-state index contributed by atoms with van der Waals surface area (Å²) < 4.78 is 7.35. The zero-order valence-corrected chi connectivity index (χ0v) is 16.9. The van der Waals surface area contributed by atoms with Gasteiger partial charge in [0.25, 0.3) is 0 Å². The number of thioether (sulfide) groups is 1. The van der Waals surface area contributed by atoms with E-state index in [1.54, 1.807) is 0 Å². The van der Waals surface area contributed by atoms with Crippen LogP contribution in [0.3, 0.4) is 0 Å². The number of nitrogens with zero attached hydrogens (tertiary/aromatic N) is 2. The molecule has 0 saturated carbocycles. The van der Waals surface area contributed by atoms with Crippen LogP contribution in [0.15, 0.2) is 48.5 Å². The maximum atomic E-state index is 12.8. The van der Waals surface area contributed by atoms with Crippen LogP contribution < -0.4 is 10.1 Å². The lowest BCUT2D eigenvalue weighted by Crippen LogP contribution is -2.18. The van der Waals surface area contributed by atoms with Crippen LogP contribution in [0.4, 0.5) is 5.82 Å². The van der Waals surface area contributed by atoms with Gasteiger partial charge in [0.05, 0.1) is 24.4 Å². The van der Waals surface area contributed by atoms with E-state index in [4.69, 9.17) is 9.84 Å². The average Bonchev–Trinajstić information content (AvgIpc) is 3.27. The van der Waals surface area contributed by atoms with Gasteiger partial charge in [0.1, 0.15) is 11.6 Å². The highest BCUT2D eigenvalue weighted by molar-refractivity contribution is 7.98. The lowest BCUT2D eigenvalue weighted by Gasteiger charge is -2.13. The summed E-state index contributed by atoms with van der Waals surface area (Å²) in [7, 11) is 0. The molecule has 6 heteroatoms. The second kappa shape index (κ2) is 8.10. The molecule has 0 saturated heterocycles. The highest BCUT2D eigenvalue weighted by atomic mass is 32.2. The summed E-state index contributed by atoms with van der Waals surface area (Å²) in [5.41, 5.74) is 5.27. The molecule has 0 bridgehead atoms. The molecule has 2 aromatic carbocycles. The first-order valence-corrected chi connectivity index (χ1v) is 10.6. The summed E-state index contributed by atoms with van der Waals surface area (Å²) in [4.78, 5) is 12.8. The summed E-state index contributed by atoms with van der Waals surface area (Å²) in [6.45, 7) is 4.64. The van der Waals surface area contributed by atoms with Gasteiger partial charge in [-0.05, 0) is 43.2 Å². The molecule has 5 nitrogen and oxygen atoms in total. The number of hydrogen-bond acceptors (Lipinski definition) is 4. The largest absolute Gasteiger partial charge is 0.494 e. The maximum Gasteiger partial charge on any atom is 0.229 e. The Balaban J connectivity index is 1.57. The number of anilines is 1. The summed E-state index contributed by atoms with van der Waals surface area (Å²) >= 11 is 1.83. The van der Waals surface area contributed by atoms with Gasteiger partial charge in [-0.2, -0.15) is 16.9 Å². The number of carbonyl (C=O) groups is 1. The Kier molecular flexibility index (Phi) is 5.39. The van der Waals surface area contributed by atoms with Gasteiger partial charge in [0, 0.05) is 17.1 Å². The number of amides is 1. The molecule has 144 valence electrons. The molecule has 28 heavy (non-hydrogen) atoms. The van der Waals surface area contributed by atoms with Gasteiger partial charge < -0.3 is 10.1 Å². The van der Waals surface area contributed by atoms with Gasteiger partial charge in [0.15, 0.2) is 0 Å². The van der Waals surface area contributed by atoms with Crippen LogP contribution in [0.25, 0.3) is 5.69 Å². The molecule has 2 heterocycles. The van der Waals surface area contributed by atoms with E-state index in [9.17, 15) is 4.79 Å². The van der Waals surface area contributed by atoms with E-state index >= 15 is 0 Å². The second-order valence-electron chi connectivity index (χ2n) is 6.77. The molecule has 1 aromatic heterocycles. The normalized spacial score (nSPS) is 12.6. The Hall–Kier alpha value is -2.73. The first-order valence-electron chi connectivity index (χ1n) is 9.42. The third kappa shape index (κ3) is 3.78. The van der Waals surface area contributed by atoms with Gasteiger partial charge >= 0.3 is 0 Å². The van der Waals surface area contributed by atoms with Crippen LogP contribution in [-0.4, -0.2) is 22.3 Å². The minimum absolute atomic E-state index is 0.0430. The zero-order valence-electron chi connectivity index (χ0n) is 16.1. The SMILES string of the molecule is CCOc1ccc(CC(=O)Nc2c3c(nn2-c2ccccc2C)CSC3)cc1. The first kappa shape index (κ1) is 18.6. The topological polar surface area (TPSA) is 56.1 Å². The fraction of sp³-hybridized carbons (Fsp3) is 0.273. The maximum absolute atomic E-state index is 12.8. The Morgan fingerprint density at radius 2 is 1.96 bits per heavy atom. The van der Waals surface area contributed by atoms with E-state index in [0.717, 1.165) is 51.1 Å². The molecule has 1 aliphatic heterocycles. The van der Waals surface area contributed by atoms with Crippen LogP contribution in [-0.2, 0) is 22.7 Å². The fourth-order valence-corrected chi connectivity index (χ4v) is 4.38. The van der Waals surface area contributed by atoms with Gasteiger partial charge in [-0.1, -0.05) is 30.3 Å². The van der Waals surface area contributed by atoms with E-state index in [1.165, 1.54) is 0 Å². The molecule has 0 spiro atoms. The van der Waals surface area contributed by atoms with Gasteiger partial charge in [-0.15, -0.1) is 0 Å². The van der Waals surface area contributed by atoms with Crippen LogP contribution in [0.2, 0.25) is 0 Å². The second-order valence-corrected chi connectivity index (χ2v) is 7.75. The number of hydrogen-bond donors (Lipinski definition) is 1. The highest BCUT2D eigenvalue weighted by Gasteiger charge is 2.25. The molecule has 0 fully saturated rings. The number of nitrogens with one attached hydrogen (secondary N) is 1. The van der Waals surface area contributed by atoms with Crippen molar-refractivity contribution in [3.63, 3.8) is 0 Å². The quantitative estimate of drug-likeness (QED) is 0.670. The number of fused-ring (bicyclic) bond motifs is 1. The number of aryl methyl sites for hydroxylation is 1. The van der Waals surface area contributed by atoms with Crippen molar-refractivity contribution < 1.29 is 9.53 Å². The average molecular weight is 394 g/mol. The van der Waals surface area contributed by atoms with Crippen molar-refractivity contribution in [2.45, 2.75) is 31.8 Å². The molecule has 0 unspecified atom stereocenters. The van der Waals surface area contributed by atoms with Gasteiger partial charge in [0.2, 0.25) is 5.91 Å². The van der Waals surface area contributed by atoms with Crippen molar-refractivity contribution in [2.75, 3.05) is 11.9 Å². The van der Waals surface area contributed by atoms with Crippen molar-refractivity contribution in [1.29, 1.82) is 0 Å². The molecule has 1 aliphatic rings. The smallest absolute Gasteiger partial charge is 0.229 e. The van der Waals surface area contributed by atoms with Crippen molar-refractivity contribution in [1.82, 2.24) is 9.78 Å². The lowest BCUT2D eigenvalue weighted by molar-refractivity contribution is -0.115. The minimum Gasteiger partial charge on any atom is -0.494 e. The fourth-order valence-electron chi connectivity index (χ4n) is 3.35. The summed E-state index contributed by atoms with van der Waals surface area (Å²) in [5, 5.41) is 7.90. The number of rotatable bonds is 6. The van der Waals surface area contributed by atoms with Crippen molar-refractivity contribution in [2.24, 2.45) is 0 Å². The van der Waals surface area contributed by atoms with E-state index < -0.39 is 0 Å². The van der Waals surface area contributed by atoms with E-state index in [1.807, 2.05) is 65.8 Å². The van der Waals surface area contributed by atoms with Crippen molar-refractivity contribution >= 4 is 23.5 Å². The monoisotopic (exact) mass is 393 g/mol. The number of benzene rings is 2. The number of carbonyl (C=O) groups excluding carboxylic acids is 1. The number of para-hydroxylation sites is 1. The predicted molar refractivity (Wildman–Crippen MR) is 113 cm³/mol.